The first kappa shape index (κ1) is 13.8. The second-order valence-corrected chi connectivity index (χ2v) is 4.89. The first-order valence-corrected chi connectivity index (χ1v) is 6.69. The highest BCUT2D eigenvalue weighted by atomic mass is 16.3. The van der Waals surface area contributed by atoms with E-state index < -0.39 is 0 Å². The van der Waals surface area contributed by atoms with E-state index in [0.29, 0.717) is 0 Å². The van der Waals surface area contributed by atoms with Crippen molar-refractivity contribution in [3.05, 3.63) is 71.3 Å². The Balaban J connectivity index is 2.13. The lowest BCUT2D eigenvalue weighted by atomic mass is 10.0. The molecule has 0 heterocycles. The number of rotatable bonds is 5. The van der Waals surface area contributed by atoms with Gasteiger partial charge < -0.3 is 10.4 Å². The summed E-state index contributed by atoms with van der Waals surface area (Å²) in [5.74, 6) is 0. The van der Waals surface area contributed by atoms with E-state index in [4.69, 9.17) is 0 Å². The third kappa shape index (κ3) is 3.43. The molecule has 0 aromatic heterocycles. The van der Waals surface area contributed by atoms with Gasteiger partial charge >= 0.3 is 0 Å². The predicted octanol–water partition coefficient (Wildman–Crippen LogP) is 3.38. The lowest BCUT2D eigenvalue weighted by Crippen LogP contribution is -2.27. The van der Waals surface area contributed by atoms with Gasteiger partial charge in [-0.05, 0) is 30.5 Å². The minimum Gasteiger partial charge on any atom is -0.394 e. The Labute approximate surface area is 115 Å². The molecule has 0 spiro atoms. The maximum atomic E-state index is 9.58. The molecule has 2 heteroatoms. The Morgan fingerprint density at radius 1 is 1.00 bits per heavy atom. The molecular weight excluding hydrogens is 234 g/mol. The van der Waals surface area contributed by atoms with Crippen molar-refractivity contribution < 1.29 is 5.11 Å². The number of hydrogen-bond donors (Lipinski definition) is 2. The Kier molecular flexibility index (Phi) is 4.72. The van der Waals surface area contributed by atoms with Crippen molar-refractivity contribution in [3.63, 3.8) is 0 Å². The average Bonchev–Trinajstić information content (AvgIpc) is 2.46. The molecule has 100 valence electrons. The minimum atomic E-state index is -0.0317. The average molecular weight is 255 g/mol. The standard InChI is InChI=1S/C17H21NO/c1-13-8-6-7-11-16(13)14(2)18-17(12-19)15-9-4-3-5-10-15/h3-11,14,17-19H,12H2,1-2H3/t14?,17-/m0/s1. The first-order valence-electron chi connectivity index (χ1n) is 6.69. The monoisotopic (exact) mass is 255 g/mol. The first-order chi connectivity index (χ1) is 9.22. The second kappa shape index (κ2) is 6.50. The van der Waals surface area contributed by atoms with Gasteiger partial charge in [-0.1, -0.05) is 54.6 Å². The normalized spacial score (nSPS) is 14.1. The highest BCUT2D eigenvalue weighted by molar-refractivity contribution is 5.29. The fourth-order valence-electron chi connectivity index (χ4n) is 2.40. The summed E-state index contributed by atoms with van der Waals surface area (Å²) < 4.78 is 0. The SMILES string of the molecule is Cc1ccccc1C(C)N[C@@H](CO)c1ccccc1. The Hall–Kier alpha value is -1.64. The van der Waals surface area contributed by atoms with Gasteiger partial charge in [-0.2, -0.15) is 0 Å². The van der Waals surface area contributed by atoms with E-state index in [9.17, 15) is 5.11 Å². The highest BCUT2D eigenvalue weighted by Crippen LogP contribution is 2.21. The molecule has 0 radical (unpaired) electrons. The maximum Gasteiger partial charge on any atom is 0.0626 e. The van der Waals surface area contributed by atoms with Crippen molar-refractivity contribution in [2.75, 3.05) is 6.61 Å². The van der Waals surface area contributed by atoms with E-state index in [2.05, 4.69) is 37.4 Å². The molecule has 0 amide bonds. The maximum absolute atomic E-state index is 9.58. The van der Waals surface area contributed by atoms with Crippen LogP contribution in [0.5, 0.6) is 0 Å². The smallest absolute Gasteiger partial charge is 0.0626 e. The van der Waals surface area contributed by atoms with Gasteiger partial charge in [0.25, 0.3) is 0 Å². The molecule has 0 saturated carbocycles. The summed E-state index contributed by atoms with van der Waals surface area (Å²) in [6.07, 6.45) is 0. The molecule has 0 aliphatic rings. The van der Waals surface area contributed by atoms with Crippen LogP contribution in [0.4, 0.5) is 0 Å². The lowest BCUT2D eigenvalue weighted by Gasteiger charge is -2.23. The van der Waals surface area contributed by atoms with E-state index in [0.717, 1.165) is 5.56 Å². The van der Waals surface area contributed by atoms with Gasteiger partial charge in [-0.15, -0.1) is 0 Å². The number of aryl methyl sites for hydroxylation is 1. The largest absolute Gasteiger partial charge is 0.394 e. The zero-order valence-corrected chi connectivity index (χ0v) is 11.5. The summed E-state index contributed by atoms with van der Waals surface area (Å²) in [5, 5.41) is 13.1. The van der Waals surface area contributed by atoms with Gasteiger partial charge in [0.1, 0.15) is 0 Å². The summed E-state index contributed by atoms with van der Waals surface area (Å²) in [7, 11) is 0. The molecule has 0 fully saturated rings. The van der Waals surface area contributed by atoms with Crippen molar-refractivity contribution in [2.24, 2.45) is 0 Å². The van der Waals surface area contributed by atoms with Crippen LogP contribution in [0.2, 0.25) is 0 Å². The van der Waals surface area contributed by atoms with Crippen LogP contribution >= 0.6 is 0 Å². The number of aliphatic hydroxyl groups excluding tert-OH is 1. The lowest BCUT2D eigenvalue weighted by molar-refractivity contribution is 0.235. The summed E-state index contributed by atoms with van der Waals surface area (Å²) in [6.45, 7) is 4.35. The van der Waals surface area contributed by atoms with Gasteiger partial charge in [-0.3, -0.25) is 0 Å². The summed E-state index contributed by atoms with van der Waals surface area (Å²) in [5.41, 5.74) is 3.66. The molecule has 2 aromatic carbocycles. The topological polar surface area (TPSA) is 32.3 Å². The molecule has 2 atom stereocenters. The van der Waals surface area contributed by atoms with Crippen LogP contribution in [0, 0.1) is 6.92 Å². The fourth-order valence-corrected chi connectivity index (χ4v) is 2.40. The summed E-state index contributed by atoms with van der Waals surface area (Å²) >= 11 is 0. The van der Waals surface area contributed by atoms with Gasteiger partial charge in [-0.25, -0.2) is 0 Å². The van der Waals surface area contributed by atoms with E-state index in [1.807, 2.05) is 36.4 Å². The number of benzene rings is 2. The van der Waals surface area contributed by atoms with Gasteiger partial charge in [0.15, 0.2) is 0 Å². The molecule has 2 nitrogen and oxygen atoms in total. The van der Waals surface area contributed by atoms with Crippen LogP contribution in [0.15, 0.2) is 54.6 Å². The zero-order valence-electron chi connectivity index (χ0n) is 11.5. The van der Waals surface area contributed by atoms with E-state index in [1.165, 1.54) is 11.1 Å². The number of aliphatic hydroxyl groups is 1. The van der Waals surface area contributed by atoms with E-state index in [-0.39, 0.29) is 18.7 Å². The molecular formula is C17H21NO. The van der Waals surface area contributed by atoms with E-state index in [1.54, 1.807) is 0 Å². The third-order valence-corrected chi connectivity index (χ3v) is 3.49. The fraction of sp³-hybridized carbons (Fsp3) is 0.294. The molecule has 1 unspecified atom stereocenters. The molecule has 2 N–H and O–H groups in total. The quantitative estimate of drug-likeness (QED) is 0.858. The predicted molar refractivity (Wildman–Crippen MR) is 79.0 cm³/mol. The summed E-state index contributed by atoms with van der Waals surface area (Å²) in [4.78, 5) is 0. The van der Waals surface area contributed by atoms with Crippen molar-refractivity contribution in [3.8, 4) is 0 Å². The van der Waals surface area contributed by atoms with Crippen molar-refractivity contribution in [2.45, 2.75) is 25.9 Å². The van der Waals surface area contributed by atoms with Gasteiger partial charge in [0.05, 0.1) is 12.6 Å². The molecule has 2 rings (SSSR count). The van der Waals surface area contributed by atoms with Crippen LogP contribution in [-0.2, 0) is 0 Å². The van der Waals surface area contributed by atoms with Crippen LogP contribution in [-0.4, -0.2) is 11.7 Å². The van der Waals surface area contributed by atoms with Crippen LogP contribution in [0.1, 0.15) is 35.7 Å². The highest BCUT2D eigenvalue weighted by Gasteiger charge is 2.15. The summed E-state index contributed by atoms with van der Waals surface area (Å²) in [6, 6.07) is 18.6. The van der Waals surface area contributed by atoms with E-state index >= 15 is 0 Å². The minimum absolute atomic E-state index is 0.0317. The molecule has 2 aromatic rings. The molecule has 0 aliphatic heterocycles. The molecule has 0 saturated heterocycles. The second-order valence-electron chi connectivity index (χ2n) is 4.89. The molecule has 0 aliphatic carbocycles. The van der Waals surface area contributed by atoms with Crippen molar-refractivity contribution in [1.82, 2.24) is 5.32 Å². The zero-order chi connectivity index (χ0) is 13.7. The number of nitrogens with one attached hydrogen (secondary N) is 1. The Morgan fingerprint density at radius 2 is 1.63 bits per heavy atom. The van der Waals surface area contributed by atoms with Gasteiger partial charge in [0, 0.05) is 6.04 Å². The number of hydrogen-bond acceptors (Lipinski definition) is 2. The molecule has 0 bridgehead atoms. The van der Waals surface area contributed by atoms with Crippen LogP contribution in [0.25, 0.3) is 0 Å². The Bertz CT molecular complexity index is 510. The van der Waals surface area contributed by atoms with Crippen molar-refractivity contribution >= 4 is 0 Å². The van der Waals surface area contributed by atoms with Crippen molar-refractivity contribution in [1.29, 1.82) is 0 Å². The van der Waals surface area contributed by atoms with Gasteiger partial charge in [0.2, 0.25) is 0 Å². The Morgan fingerprint density at radius 3 is 2.26 bits per heavy atom. The van der Waals surface area contributed by atoms with Crippen LogP contribution in [0.3, 0.4) is 0 Å². The molecule has 19 heavy (non-hydrogen) atoms. The van der Waals surface area contributed by atoms with Crippen LogP contribution < -0.4 is 5.32 Å². The third-order valence-electron chi connectivity index (χ3n) is 3.49.